The highest BCUT2D eigenvalue weighted by Gasteiger charge is 2.37. The molecule has 2 heterocycles. The number of nitrogens with one attached hydrogen (secondary N) is 1. The molecule has 0 bridgehead atoms. The summed E-state index contributed by atoms with van der Waals surface area (Å²) in [6.07, 6.45) is -1.33. The minimum Gasteiger partial charge on any atom is -0.423 e. The average molecular weight is 436 g/mol. The van der Waals surface area contributed by atoms with E-state index in [2.05, 4.69) is 12.2 Å². The number of likely N-dealkylation sites (N-methyl/N-ethyl adjacent to an activating group) is 1. The molecule has 10 heteroatoms. The van der Waals surface area contributed by atoms with Gasteiger partial charge in [-0.15, -0.1) is 0 Å². The fourth-order valence-electron chi connectivity index (χ4n) is 3.91. The largest absolute Gasteiger partial charge is 0.423 e. The fourth-order valence-corrected chi connectivity index (χ4v) is 3.91. The Morgan fingerprint density at radius 2 is 2.06 bits per heavy atom. The Balaban J connectivity index is 1.65. The first-order valence-electron chi connectivity index (χ1n) is 10.2. The summed E-state index contributed by atoms with van der Waals surface area (Å²) >= 11 is 0. The molecule has 2 aliphatic heterocycles. The normalized spacial score (nSPS) is 23.1. The lowest BCUT2D eigenvalue weighted by Crippen LogP contribution is -2.38. The van der Waals surface area contributed by atoms with Crippen LogP contribution in [0.4, 0.5) is 20.6 Å². The van der Waals surface area contributed by atoms with Gasteiger partial charge >= 0.3 is 6.09 Å². The monoisotopic (exact) mass is 436 g/mol. The quantitative estimate of drug-likeness (QED) is 0.695. The Morgan fingerprint density at radius 3 is 2.71 bits per heavy atom. The number of hydrogen-bond donors (Lipinski definition) is 1. The van der Waals surface area contributed by atoms with E-state index in [-0.39, 0.29) is 36.8 Å². The van der Waals surface area contributed by atoms with Gasteiger partial charge in [-0.2, -0.15) is 0 Å². The summed E-state index contributed by atoms with van der Waals surface area (Å²) in [4.78, 5) is 40.0. The zero-order valence-corrected chi connectivity index (χ0v) is 18.3. The lowest BCUT2D eigenvalue weighted by molar-refractivity contribution is -0.134. The van der Waals surface area contributed by atoms with Gasteiger partial charge in [0.25, 0.3) is 0 Å². The first-order valence-corrected chi connectivity index (χ1v) is 10.2. The molecule has 2 aliphatic rings. The number of cyclic esters (lactones) is 1. The second-order valence-corrected chi connectivity index (χ2v) is 8.09. The van der Waals surface area contributed by atoms with E-state index in [1.807, 2.05) is 4.90 Å². The van der Waals surface area contributed by atoms with Crippen molar-refractivity contribution in [1.29, 1.82) is 0 Å². The highest BCUT2D eigenvalue weighted by molar-refractivity contribution is 5.90. The van der Waals surface area contributed by atoms with E-state index < -0.39 is 18.1 Å². The number of anilines is 2. The maximum Gasteiger partial charge on any atom is 0.416 e. The van der Waals surface area contributed by atoms with Gasteiger partial charge in [0.2, 0.25) is 11.8 Å². The third-order valence-corrected chi connectivity index (χ3v) is 5.91. The molecular weight excluding hydrogens is 407 g/mol. The number of rotatable bonds is 7. The molecule has 170 valence electrons. The van der Waals surface area contributed by atoms with Crippen LogP contribution in [0.5, 0.6) is 0 Å². The molecular formula is C21H29FN4O5. The average Bonchev–Trinajstić information content (AvgIpc) is 3.28. The van der Waals surface area contributed by atoms with Crippen molar-refractivity contribution in [2.24, 2.45) is 11.8 Å². The van der Waals surface area contributed by atoms with Gasteiger partial charge < -0.3 is 24.6 Å². The van der Waals surface area contributed by atoms with E-state index in [1.54, 1.807) is 19.2 Å². The molecule has 2 fully saturated rings. The number of methoxy groups -OCH3 is 1. The second kappa shape index (κ2) is 9.51. The van der Waals surface area contributed by atoms with E-state index in [4.69, 9.17) is 9.47 Å². The predicted octanol–water partition coefficient (Wildman–Crippen LogP) is 1.42. The summed E-state index contributed by atoms with van der Waals surface area (Å²) in [6, 6.07) is 4.64. The van der Waals surface area contributed by atoms with Crippen molar-refractivity contribution in [3.63, 3.8) is 0 Å². The minimum absolute atomic E-state index is 0.0168. The second-order valence-electron chi connectivity index (χ2n) is 8.09. The third kappa shape index (κ3) is 5.07. The van der Waals surface area contributed by atoms with E-state index in [9.17, 15) is 18.8 Å². The van der Waals surface area contributed by atoms with E-state index in [1.165, 1.54) is 29.9 Å². The summed E-state index contributed by atoms with van der Waals surface area (Å²) in [6.45, 7) is 5.40. The van der Waals surface area contributed by atoms with Crippen LogP contribution in [0.25, 0.3) is 0 Å². The SMILES string of the molecule is COCC(=O)NC[C@@H]1CN(c2ccc(N3CC(N(C)C(C)=O)OC3=O)cc2F)C[C@@H]1C. The molecule has 2 saturated heterocycles. The molecule has 1 N–H and O–H groups in total. The zero-order valence-electron chi connectivity index (χ0n) is 18.3. The van der Waals surface area contributed by atoms with Crippen LogP contribution in [0, 0.1) is 17.7 Å². The van der Waals surface area contributed by atoms with Crippen molar-refractivity contribution in [1.82, 2.24) is 10.2 Å². The Bertz CT molecular complexity index is 851. The Hall–Kier alpha value is -2.88. The molecule has 0 radical (unpaired) electrons. The number of amides is 3. The van der Waals surface area contributed by atoms with Gasteiger partial charge in [-0.3, -0.25) is 14.5 Å². The van der Waals surface area contributed by atoms with E-state index >= 15 is 0 Å². The van der Waals surface area contributed by atoms with Crippen molar-refractivity contribution in [3.05, 3.63) is 24.0 Å². The molecule has 3 rings (SSSR count). The summed E-state index contributed by atoms with van der Waals surface area (Å²) < 4.78 is 25.0. The number of carbonyl (C=O) groups is 3. The Kier molecular flexibility index (Phi) is 6.99. The van der Waals surface area contributed by atoms with Crippen molar-refractivity contribution in [2.75, 3.05) is 56.7 Å². The minimum atomic E-state index is -0.707. The van der Waals surface area contributed by atoms with Gasteiger partial charge in [0.15, 0.2) is 6.23 Å². The number of nitrogens with zero attached hydrogens (tertiary/aromatic N) is 3. The summed E-state index contributed by atoms with van der Waals surface area (Å²) in [7, 11) is 3.02. The summed E-state index contributed by atoms with van der Waals surface area (Å²) in [5.74, 6) is -0.369. The molecule has 3 atom stereocenters. The number of benzene rings is 1. The van der Waals surface area contributed by atoms with Crippen molar-refractivity contribution >= 4 is 29.3 Å². The fraction of sp³-hybridized carbons (Fsp3) is 0.571. The van der Waals surface area contributed by atoms with Gasteiger partial charge in [-0.1, -0.05) is 6.92 Å². The van der Waals surface area contributed by atoms with Crippen LogP contribution in [0.3, 0.4) is 0 Å². The molecule has 0 aliphatic carbocycles. The van der Waals surface area contributed by atoms with Crippen molar-refractivity contribution in [3.8, 4) is 0 Å². The standard InChI is InChI=1S/C21H29FN4O5/c1-13-9-25(10-15(13)8-23-19(28)12-30-4)18-6-5-16(7-17(18)22)26-11-20(31-21(26)29)24(3)14(2)27/h5-7,13,15,20H,8-12H2,1-4H3,(H,23,28)/t13-,15+,20?/m0/s1. The lowest BCUT2D eigenvalue weighted by Gasteiger charge is -2.22. The van der Waals surface area contributed by atoms with Gasteiger partial charge in [-0.05, 0) is 30.0 Å². The van der Waals surface area contributed by atoms with E-state index in [0.717, 1.165) is 0 Å². The molecule has 9 nitrogen and oxygen atoms in total. The lowest BCUT2D eigenvalue weighted by atomic mass is 9.98. The van der Waals surface area contributed by atoms with Crippen molar-refractivity contribution < 1.29 is 28.2 Å². The molecule has 0 spiro atoms. The highest BCUT2D eigenvalue weighted by Crippen LogP contribution is 2.33. The summed E-state index contributed by atoms with van der Waals surface area (Å²) in [5.41, 5.74) is 0.826. The Labute approximate surface area is 181 Å². The van der Waals surface area contributed by atoms with Gasteiger partial charge in [0, 0.05) is 40.7 Å². The van der Waals surface area contributed by atoms with Crippen molar-refractivity contribution in [2.45, 2.75) is 20.1 Å². The number of ether oxygens (including phenoxy) is 2. The molecule has 0 aromatic heterocycles. The molecule has 1 aromatic carbocycles. The van der Waals surface area contributed by atoms with Crippen LogP contribution in [-0.2, 0) is 19.1 Å². The molecule has 31 heavy (non-hydrogen) atoms. The van der Waals surface area contributed by atoms with Gasteiger partial charge in [-0.25, -0.2) is 9.18 Å². The van der Waals surface area contributed by atoms with Crippen LogP contribution < -0.4 is 15.1 Å². The number of carbonyl (C=O) groups excluding carboxylic acids is 3. The van der Waals surface area contributed by atoms with E-state index in [0.29, 0.717) is 31.0 Å². The third-order valence-electron chi connectivity index (χ3n) is 5.91. The highest BCUT2D eigenvalue weighted by atomic mass is 19.1. The molecule has 1 aromatic rings. The smallest absolute Gasteiger partial charge is 0.416 e. The van der Waals surface area contributed by atoms with Crippen LogP contribution >= 0.6 is 0 Å². The van der Waals surface area contributed by atoms with Crippen LogP contribution in [0.1, 0.15) is 13.8 Å². The van der Waals surface area contributed by atoms with Crippen LogP contribution in [0.2, 0.25) is 0 Å². The Morgan fingerprint density at radius 1 is 1.32 bits per heavy atom. The predicted molar refractivity (Wildman–Crippen MR) is 112 cm³/mol. The number of halogens is 1. The zero-order chi connectivity index (χ0) is 22.7. The number of hydrogen-bond acceptors (Lipinski definition) is 6. The first kappa shape index (κ1) is 22.8. The maximum absolute atomic E-state index is 15.0. The topological polar surface area (TPSA) is 91.4 Å². The van der Waals surface area contributed by atoms with Crippen LogP contribution in [0.15, 0.2) is 18.2 Å². The maximum atomic E-state index is 15.0. The van der Waals surface area contributed by atoms with Gasteiger partial charge in [0.1, 0.15) is 12.4 Å². The van der Waals surface area contributed by atoms with Crippen LogP contribution in [-0.4, -0.2) is 76.0 Å². The van der Waals surface area contributed by atoms with Gasteiger partial charge in [0.05, 0.1) is 17.9 Å². The molecule has 0 saturated carbocycles. The first-order chi connectivity index (χ1) is 14.7. The molecule has 3 amide bonds. The summed E-state index contributed by atoms with van der Waals surface area (Å²) in [5, 5.41) is 2.84. The molecule has 1 unspecified atom stereocenters.